The summed E-state index contributed by atoms with van der Waals surface area (Å²) in [7, 11) is 0. The fourth-order valence-corrected chi connectivity index (χ4v) is 5.06. The van der Waals surface area contributed by atoms with Gasteiger partial charge in [-0.2, -0.15) is 0 Å². The zero-order valence-corrected chi connectivity index (χ0v) is 17.8. The lowest BCUT2D eigenvalue weighted by molar-refractivity contribution is -0.119. The highest BCUT2D eigenvalue weighted by atomic mass is 32.2. The number of benzene rings is 2. The average Bonchev–Trinajstić information content (AvgIpc) is 2.73. The number of amides is 1. The van der Waals surface area contributed by atoms with Crippen molar-refractivity contribution in [2.45, 2.75) is 57.3 Å². The molecule has 0 saturated heterocycles. The summed E-state index contributed by atoms with van der Waals surface area (Å²) < 4.78 is 1.66. The summed E-state index contributed by atoms with van der Waals surface area (Å²) >= 11 is 1.34. The quantitative estimate of drug-likeness (QED) is 0.386. The molecular formula is C23H27N3O2S. The van der Waals surface area contributed by atoms with Crippen LogP contribution in [0.5, 0.6) is 0 Å². The molecule has 1 heterocycles. The van der Waals surface area contributed by atoms with E-state index in [2.05, 4.69) is 12.2 Å². The molecule has 0 aliphatic heterocycles. The summed E-state index contributed by atoms with van der Waals surface area (Å²) in [6, 6.07) is 12.1. The number of rotatable bonds is 5. The lowest BCUT2D eigenvalue weighted by atomic mass is 9.86. The molecule has 0 bridgehead atoms. The van der Waals surface area contributed by atoms with Gasteiger partial charge in [0.1, 0.15) is 0 Å². The Bertz CT molecular complexity index is 1110. The van der Waals surface area contributed by atoms with E-state index in [-0.39, 0.29) is 23.3 Å². The van der Waals surface area contributed by atoms with Crippen molar-refractivity contribution in [3.8, 4) is 0 Å². The van der Waals surface area contributed by atoms with E-state index in [0.717, 1.165) is 17.2 Å². The number of fused-ring (bicyclic) bond motifs is 2. The molecule has 29 heavy (non-hydrogen) atoms. The smallest absolute Gasteiger partial charge is 0.262 e. The Morgan fingerprint density at radius 1 is 1.21 bits per heavy atom. The van der Waals surface area contributed by atoms with E-state index in [9.17, 15) is 9.59 Å². The van der Waals surface area contributed by atoms with Gasteiger partial charge >= 0.3 is 0 Å². The fourth-order valence-electron chi connectivity index (χ4n) is 4.19. The molecule has 6 heteroatoms. The minimum atomic E-state index is -0.0490. The molecule has 152 valence electrons. The molecule has 0 spiro atoms. The molecular weight excluding hydrogens is 382 g/mol. The highest BCUT2D eigenvalue weighted by Gasteiger charge is 2.23. The van der Waals surface area contributed by atoms with Crippen LogP contribution in [0.25, 0.3) is 21.7 Å². The van der Waals surface area contributed by atoms with Crippen LogP contribution in [0.15, 0.2) is 46.3 Å². The van der Waals surface area contributed by atoms with Crippen LogP contribution in [0.4, 0.5) is 0 Å². The first-order valence-electron chi connectivity index (χ1n) is 10.4. The van der Waals surface area contributed by atoms with Crippen molar-refractivity contribution in [2.75, 3.05) is 5.75 Å². The van der Waals surface area contributed by atoms with Gasteiger partial charge in [-0.05, 0) is 48.6 Å². The predicted molar refractivity (Wildman–Crippen MR) is 119 cm³/mol. The topological polar surface area (TPSA) is 64.0 Å². The first kappa shape index (κ1) is 20.0. The monoisotopic (exact) mass is 409 g/mol. The normalized spacial score (nSPS) is 19.5. The van der Waals surface area contributed by atoms with E-state index < -0.39 is 0 Å². The molecule has 0 unspecified atom stereocenters. The third-order valence-corrected chi connectivity index (χ3v) is 6.87. The van der Waals surface area contributed by atoms with Gasteiger partial charge in [0.05, 0.1) is 16.7 Å². The second-order valence-corrected chi connectivity index (χ2v) is 8.83. The van der Waals surface area contributed by atoms with Crippen LogP contribution in [0.1, 0.15) is 39.5 Å². The first-order valence-corrected chi connectivity index (χ1v) is 11.4. The molecule has 1 aliphatic carbocycles. The molecule has 1 fully saturated rings. The standard InChI is InChI=1S/C23H27N3O2S/c1-3-26-22(28)18-12-16-9-5-6-10-17(16)13-20(18)25-23(26)29-14-21(27)24-19-11-7-4-8-15(19)2/h5-6,9-10,12-13,15,19H,3-4,7-8,11,14H2,1-2H3,(H,24,27)/t15-,19+/m0/s1. The van der Waals surface area contributed by atoms with Crippen molar-refractivity contribution >= 4 is 39.3 Å². The summed E-state index contributed by atoms with van der Waals surface area (Å²) in [5.41, 5.74) is 0.634. The Kier molecular flexibility index (Phi) is 5.90. The van der Waals surface area contributed by atoms with Gasteiger partial charge in [0.2, 0.25) is 5.91 Å². The second kappa shape index (κ2) is 8.57. The fraction of sp³-hybridized carbons (Fsp3) is 0.435. The maximum absolute atomic E-state index is 13.0. The van der Waals surface area contributed by atoms with E-state index in [1.54, 1.807) is 4.57 Å². The summed E-state index contributed by atoms with van der Waals surface area (Å²) in [6.45, 7) is 4.67. The van der Waals surface area contributed by atoms with Gasteiger partial charge < -0.3 is 5.32 Å². The zero-order chi connectivity index (χ0) is 20.4. The van der Waals surface area contributed by atoms with Gasteiger partial charge in [0.25, 0.3) is 5.56 Å². The largest absolute Gasteiger partial charge is 0.352 e. The third kappa shape index (κ3) is 4.17. The number of nitrogens with one attached hydrogen (secondary N) is 1. The number of hydrogen-bond donors (Lipinski definition) is 1. The Balaban J connectivity index is 1.58. The molecule has 1 aromatic heterocycles. The van der Waals surface area contributed by atoms with E-state index in [0.29, 0.717) is 28.5 Å². The molecule has 1 N–H and O–H groups in total. The Morgan fingerprint density at radius 3 is 2.66 bits per heavy atom. The highest BCUT2D eigenvalue weighted by Crippen LogP contribution is 2.25. The van der Waals surface area contributed by atoms with E-state index >= 15 is 0 Å². The first-order chi connectivity index (χ1) is 14.1. The summed E-state index contributed by atoms with van der Waals surface area (Å²) in [6.07, 6.45) is 4.66. The predicted octanol–water partition coefficient (Wildman–Crippen LogP) is 4.36. The Hall–Kier alpha value is -2.34. The molecule has 1 aliphatic rings. The lowest BCUT2D eigenvalue weighted by Gasteiger charge is -2.29. The van der Waals surface area contributed by atoms with Crippen LogP contribution in [0, 0.1) is 5.92 Å². The molecule has 4 rings (SSSR count). The van der Waals surface area contributed by atoms with Crippen LogP contribution < -0.4 is 10.9 Å². The molecule has 2 aromatic carbocycles. The van der Waals surface area contributed by atoms with E-state index in [4.69, 9.17) is 4.98 Å². The van der Waals surface area contributed by atoms with Gasteiger partial charge in [-0.15, -0.1) is 0 Å². The number of carbonyl (C=O) groups is 1. The molecule has 1 amide bonds. The minimum absolute atomic E-state index is 0.0178. The second-order valence-electron chi connectivity index (χ2n) is 7.88. The van der Waals surface area contributed by atoms with Crippen LogP contribution >= 0.6 is 11.8 Å². The van der Waals surface area contributed by atoms with Crippen molar-refractivity contribution < 1.29 is 4.79 Å². The zero-order valence-electron chi connectivity index (χ0n) is 17.0. The maximum atomic E-state index is 13.0. The number of aromatic nitrogens is 2. The molecule has 1 saturated carbocycles. The Labute approximate surface area is 174 Å². The van der Waals surface area contributed by atoms with Crippen molar-refractivity contribution in [3.63, 3.8) is 0 Å². The van der Waals surface area contributed by atoms with E-state index in [1.807, 2.05) is 43.3 Å². The van der Waals surface area contributed by atoms with Crippen LogP contribution in [-0.4, -0.2) is 27.3 Å². The number of hydrogen-bond acceptors (Lipinski definition) is 4. The van der Waals surface area contributed by atoms with Gasteiger partial charge in [-0.25, -0.2) is 4.98 Å². The van der Waals surface area contributed by atoms with Crippen LogP contribution in [0.2, 0.25) is 0 Å². The highest BCUT2D eigenvalue weighted by molar-refractivity contribution is 7.99. The number of nitrogens with zero attached hydrogens (tertiary/aromatic N) is 2. The molecule has 5 nitrogen and oxygen atoms in total. The molecule has 2 atom stereocenters. The van der Waals surface area contributed by atoms with Crippen LogP contribution in [0.3, 0.4) is 0 Å². The van der Waals surface area contributed by atoms with Crippen molar-refractivity contribution in [1.29, 1.82) is 0 Å². The van der Waals surface area contributed by atoms with Crippen LogP contribution in [-0.2, 0) is 11.3 Å². The SMILES string of the molecule is CCn1c(SCC(=O)N[C@@H]2CCCC[C@@H]2C)nc2cc3ccccc3cc2c1=O. The van der Waals surface area contributed by atoms with Crippen molar-refractivity contribution in [3.05, 3.63) is 46.8 Å². The number of thioether (sulfide) groups is 1. The average molecular weight is 410 g/mol. The van der Waals surface area contributed by atoms with Gasteiger partial charge in [-0.3, -0.25) is 14.2 Å². The third-order valence-electron chi connectivity index (χ3n) is 5.89. The summed E-state index contributed by atoms with van der Waals surface area (Å²) in [5, 5.41) is 6.49. The summed E-state index contributed by atoms with van der Waals surface area (Å²) in [4.78, 5) is 30.3. The van der Waals surface area contributed by atoms with Crippen molar-refractivity contribution in [1.82, 2.24) is 14.9 Å². The summed E-state index contributed by atoms with van der Waals surface area (Å²) in [5.74, 6) is 0.817. The minimum Gasteiger partial charge on any atom is -0.352 e. The Morgan fingerprint density at radius 2 is 1.93 bits per heavy atom. The maximum Gasteiger partial charge on any atom is 0.262 e. The van der Waals surface area contributed by atoms with E-state index in [1.165, 1.54) is 31.0 Å². The van der Waals surface area contributed by atoms with Gasteiger partial charge in [0.15, 0.2) is 5.16 Å². The van der Waals surface area contributed by atoms with Gasteiger partial charge in [-0.1, -0.05) is 55.8 Å². The lowest BCUT2D eigenvalue weighted by Crippen LogP contribution is -2.41. The number of carbonyl (C=O) groups excluding carboxylic acids is 1. The molecule has 3 aromatic rings. The van der Waals surface area contributed by atoms with Crippen molar-refractivity contribution in [2.24, 2.45) is 5.92 Å². The van der Waals surface area contributed by atoms with Gasteiger partial charge in [0, 0.05) is 12.6 Å². The molecule has 0 radical (unpaired) electrons.